The Bertz CT molecular complexity index is 456. The molecule has 2 N–H and O–H groups in total. The molecule has 4 heteroatoms. The molecule has 1 aliphatic rings. The molecule has 0 radical (unpaired) electrons. The van der Waals surface area contributed by atoms with Gasteiger partial charge in [0, 0.05) is 23.2 Å². The quantitative estimate of drug-likeness (QED) is 0.735. The van der Waals surface area contributed by atoms with Crippen LogP contribution >= 0.6 is 0 Å². The fourth-order valence-corrected chi connectivity index (χ4v) is 2.31. The standard InChI is InChI=1S/C11H14N4/c1-4-12-5-2-8(1)11-9-3-6-13-7-10(9)14-15-11/h3,6-8,12H,1-2,4-5H2,(H,14,15). The Hall–Kier alpha value is -1.42. The van der Waals surface area contributed by atoms with Crippen molar-refractivity contribution in [3.05, 3.63) is 24.2 Å². The van der Waals surface area contributed by atoms with Crippen LogP contribution in [-0.2, 0) is 0 Å². The molecule has 1 aliphatic heterocycles. The van der Waals surface area contributed by atoms with Crippen LogP contribution < -0.4 is 5.32 Å². The lowest BCUT2D eigenvalue weighted by atomic mass is 9.93. The van der Waals surface area contributed by atoms with Gasteiger partial charge in [-0.3, -0.25) is 10.1 Å². The zero-order valence-electron chi connectivity index (χ0n) is 8.53. The Balaban J connectivity index is 2.02. The first-order valence-corrected chi connectivity index (χ1v) is 5.44. The van der Waals surface area contributed by atoms with E-state index in [-0.39, 0.29) is 0 Å². The van der Waals surface area contributed by atoms with Crippen molar-refractivity contribution >= 4 is 10.9 Å². The molecule has 1 saturated heterocycles. The number of hydrogen-bond acceptors (Lipinski definition) is 3. The summed E-state index contributed by atoms with van der Waals surface area (Å²) in [4.78, 5) is 4.08. The van der Waals surface area contributed by atoms with Crippen molar-refractivity contribution in [1.29, 1.82) is 0 Å². The second-order valence-electron chi connectivity index (χ2n) is 4.05. The van der Waals surface area contributed by atoms with Gasteiger partial charge in [-0.25, -0.2) is 0 Å². The molecule has 2 aromatic rings. The lowest BCUT2D eigenvalue weighted by molar-refractivity contribution is 0.454. The van der Waals surface area contributed by atoms with Gasteiger partial charge in [-0.15, -0.1) is 0 Å². The maximum Gasteiger partial charge on any atom is 0.111 e. The smallest absolute Gasteiger partial charge is 0.111 e. The van der Waals surface area contributed by atoms with Gasteiger partial charge in [-0.2, -0.15) is 5.10 Å². The Kier molecular flexibility index (Phi) is 2.14. The van der Waals surface area contributed by atoms with Crippen LogP contribution in [0, 0.1) is 0 Å². The predicted molar refractivity (Wildman–Crippen MR) is 58.7 cm³/mol. The Labute approximate surface area is 88.1 Å². The Morgan fingerprint density at radius 3 is 3.00 bits per heavy atom. The van der Waals surface area contributed by atoms with E-state index < -0.39 is 0 Å². The fourth-order valence-electron chi connectivity index (χ4n) is 2.31. The van der Waals surface area contributed by atoms with Gasteiger partial charge in [0.15, 0.2) is 0 Å². The zero-order valence-corrected chi connectivity index (χ0v) is 8.53. The zero-order chi connectivity index (χ0) is 10.1. The molecular weight excluding hydrogens is 188 g/mol. The van der Waals surface area contributed by atoms with E-state index in [1.54, 1.807) is 0 Å². The molecule has 1 fully saturated rings. The minimum Gasteiger partial charge on any atom is -0.317 e. The number of fused-ring (bicyclic) bond motifs is 1. The number of H-pyrrole nitrogens is 1. The van der Waals surface area contributed by atoms with Crippen LogP contribution in [0.15, 0.2) is 18.5 Å². The van der Waals surface area contributed by atoms with Crippen molar-refractivity contribution in [2.75, 3.05) is 13.1 Å². The van der Waals surface area contributed by atoms with Crippen LogP contribution in [-0.4, -0.2) is 28.3 Å². The van der Waals surface area contributed by atoms with E-state index in [1.165, 1.54) is 23.9 Å². The van der Waals surface area contributed by atoms with Gasteiger partial charge in [-0.05, 0) is 32.0 Å². The molecule has 0 aromatic carbocycles. The van der Waals surface area contributed by atoms with Crippen LogP contribution in [0.3, 0.4) is 0 Å². The number of aromatic amines is 1. The van der Waals surface area contributed by atoms with Crippen molar-refractivity contribution < 1.29 is 0 Å². The number of nitrogens with one attached hydrogen (secondary N) is 2. The van der Waals surface area contributed by atoms with Crippen LogP contribution in [0.5, 0.6) is 0 Å². The molecule has 0 amide bonds. The van der Waals surface area contributed by atoms with Gasteiger partial charge in [0.25, 0.3) is 0 Å². The molecule has 0 spiro atoms. The highest BCUT2D eigenvalue weighted by atomic mass is 15.1. The number of aromatic nitrogens is 3. The maximum atomic E-state index is 4.29. The van der Waals surface area contributed by atoms with Crippen molar-refractivity contribution in [2.45, 2.75) is 18.8 Å². The summed E-state index contributed by atoms with van der Waals surface area (Å²) in [5.74, 6) is 0.624. The summed E-state index contributed by atoms with van der Waals surface area (Å²) in [6, 6.07) is 2.05. The second-order valence-corrected chi connectivity index (χ2v) is 4.05. The van der Waals surface area contributed by atoms with E-state index in [2.05, 4.69) is 26.6 Å². The molecule has 0 unspecified atom stereocenters. The number of pyridine rings is 1. The predicted octanol–water partition coefficient (Wildman–Crippen LogP) is 1.42. The average molecular weight is 202 g/mol. The van der Waals surface area contributed by atoms with E-state index in [4.69, 9.17) is 0 Å². The molecule has 3 rings (SSSR count). The minimum absolute atomic E-state index is 0.624. The monoisotopic (exact) mass is 202 g/mol. The summed E-state index contributed by atoms with van der Waals surface area (Å²) < 4.78 is 0. The van der Waals surface area contributed by atoms with Gasteiger partial charge in [-0.1, -0.05) is 0 Å². The SMILES string of the molecule is c1cc2c(C3CCNCC3)[nH]nc2cn1. The molecule has 0 aliphatic carbocycles. The third-order valence-corrected chi connectivity index (χ3v) is 3.13. The second kappa shape index (κ2) is 3.62. The molecule has 4 nitrogen and oxygen atoms in total. The Morgan fingerprint density at radius 1 is 1.27 bits per heavy atom. The minimum atomic E-state index is 0.624. The van der Waals surface area contributed by atoms with Crippen molar-refractivity contribution in [3.8, 4) is 0 Å². The van der Waals surface area contributed by atoms with E-state index >= 15 is 0 Å². The lowest BCUT2D eigenvalue weighted by Crippen LogP contribution is -2.26. The summed E-state index contributed by atoms with van der Waals surface area (Å²) >= 11 is 0. The summed E-state index contributed by atoms with van der Waals surface area (Å²) in [5, 5.41) is 12.1. The topological polar surface area (TPSA) is 53.6 Å². The summed E-state index contributed by atoms with van der Waals surface area (Å²) in [6.45, 7) is 2.21. The van der Waals surface area contributed by atoms with E-state index in [0.29, 0.717) is 5.92 Å². The van der Waals surface area contributed by atoms with Crippen molar-refractivity contribution in [1.82, 2.24) is 20.5 Å². The highest BCUT2D eigenvalue weighted by Crippen LogP contribution is 2.28. The lowest BCUT2D eigenvalue weighted by Gasteiger charge is -2.21. The molecule has 0 atom stereocenters. The summed E-state index contributed by atoms with van der Waals surface area (Å²) in [6.07, 6.45) is 6.04. The van der Waals surface area contributed by atoms with Crippen LogP contribution in [0.1, 0.15) is 24.5 Å². The number of nitrogens with zero attached hydrogens (tertiary/aromatic N) is 2. The molecule has 0 bridgehead atoms. The Morgan fingerprint density at radius 2 is 2.13 bits per heavy atom. The number of hydrogen-bond donors (Lipinski definition) is 2. The maximum absolute atomic E-state index is 4.29. The molecular formula is C11H14N4. The molecule has 0 saturated carbocycles. The largest absolute Gasteiger partial charge is 0.317 e. The summed E-state index contributed by atoms with van der Waals surface area (Å²) in [5.41, 5.74) is 2.26. The normalized spacial score (nSPS) is 18.4. The fraction of sp³-hybridized carbons (Fsp3) is 0.455. The number of rotatable bonds is 1. The van der Waals surface area contributed by atoms with Crippen LogP contribution in [0.25, 0.3) is 10.9 Å². The highest BCUT2D eigenvalue weighted by molar-refractivity contribution is 5.80. The van der Waals surface area contributed by atoms with Gasteiger partial charge in [0.2, 0.25) is 0 Å². The third-order valence-electron chi connectivity index (χ3n) is 3.13. The van der Waals surface area contributed by atoms with Gasteiger partial charge >= 0.3 is 0 Å². The van der Waals surface area contributed by atoms with Gasteiger partial charge < -0.3 is 5.32 Å². The summed E-state index contributed by atoms with van der Waals surface area (Å²) in [7, 11) is 0. The molecule has 15 heavy (non-hydrogen) atoms. The van der Waals surface area contributed by atoms with Crippen molar-refractivity contribution in [2.24, 2.45) is 0 Å². The van der Waals surface area contributed by atoms with Gasteiger partial charge in [0.1, 0.15) is 5.52 Å². The first-order chi connectivity index (χ1) is 7.45. The molecule has 78 valence electrons. The van der Waals surface area contributed by atoms with E-state index in [9.17, 15) is 0 Å². The van der Waals surface area contributed by atoms with Crippen LogP contribution in [0.4, 0.5) is 0 Å². The highest BCUT2D eigenvalue weighted by Gasteiger charge is 2.19. The molecule has 2 aromatic heterocycles. The number of piperidine rings is 1. The molecule has 3 heterocycles. The van der Waals surface area contributed by atoms with Crippen LogP contribution in [0.2, 0.25) is 0 Å². The van der Waals surface area contributed by atoms with E-state index in [1.807, 2.05) is 12.4 Å². The van der Waals surface area contributed by atoms with Crippen molar-refractivity contribution in [3.63, 3.8) is 0 Å². The van der Waals surface area contributed by atoms with E-state index in [0.717, 1.165) is 18.6 Å². The first kappa shape index (κ1) is 8.85. The average Bonchev–Trinajstić information content (AvgIpc) is 2.74. The van der Waals surface area contributed by atoms with Gasteiger partial charge in [0.05, 0.1) is 6.20 Å². The third kappa shape index (κ3) is 1.51. The first-order valence-electron chi connectivity index (χ1n) is 5.44.